The van der Waals surface area contributed by atoms with E-state index in [1.165, 1.54) is 0 Å². The van der Waals surface area contributed by atoms with Gasteiger partial charge in [-0.2, -0.15) is 4.98 Å². The van der Waals surface area contributed by atoms with Gasteiger partial charge in [-0.05, 0) is 0 Å². The lowest BCUT2D eigenvalue weighted by molar-refractivity contribution is -0.386. The van der Waals surface area contributed by atoms with Gasteiger partial charge in [0.25, 0.3) is 5.88 Å². The minimum atomic E-state index is -0.619. The Morgan fingerprint density at radius 2 is 2.35 bits per heavy atom. The van der Waals surface area contributed by atoms with Crippen LogP contribution in [-0.2, 0) is 4.74 Å². The summed E-state index contributed by atoms with van der Waals surface area (Å²) in [6.07, 6.45) is 1.64. The van der Waals surface area contributed by atoms with Crippen molar-refractivity contribution in [1.82, 2.24) is 9.97 Å². The average Bonchev–Trinajstić information content (AvgIpc) is 2.34. The van der Waals surface area contributed by atoms with E-state index in [4.69, 9.17) is 15.3 Å². The summed E-state index contributed by atoms with van der Waals surface area (Å²) in [5, 5.41) is 10.7. The fraction of sp³-hybridized carbons (Fsp3) is 0.500. The molecule has 0 fully saturated rings. The third-order valence-corrected chi connectivity index (χ3v) is 1.79. The summed E-state index contributed by atoms with van der Waals surface area (Å²) in [5.74, 6) is 5.04. The van der Waals surface area contributed by atoms with Gasteiger partial charge in [0, 0.05) is 20.1 Å². The molecular formula is C8H13N5O4. The second-order valence-electron chi connectivity index (χ2n) is 2.98. The predicted molar refractivity (Wildman–Crippen MR) is 58.5 cm³/mol. The van der Waals surface area contributed by atoms with E-state index in [-0.39, 0.29) is 24.1 Å². The van der Waals surface area contributed by atoms with Crippen molar-refractivity contribution in [2.75, 3.05) is 25.7 Å². The van der Waals surface area contributed by atoms with Crippen LogP contribution in [0.2, 0.25) is 0 Å². The van der Waals surface area contributed by atoms with Gasteiger partial charge in [-0.25, -0.2) is 10.8 Å². The molecule has 94 valence electrons. The molecule has 0 saturated carbocycles. The first-order valence-corrected chi connectivity index (χ1v) is 4.78. The molecule has 1 rings (SSSR count). The molecule has 1 aromatic heterocycles. The maximum atomic E-state index is 10.7. The number of anilines is 1. The second kappa shape index (κ2) is 6.55. The highest BCUT2D eigenvalue weighted by Gasteiger charge is 2.18. The van der Waals surface area contributed by atoms with E-state index in [0.717, 1.165) is 6.20 Å². The number of nitro groups is 1. The smallest absolute Gasteiger partial charge is 0.349 e. The number of nitrogen functional groups attached to an aromatic ring is 1. The van der Waals surface area contributed by atoms with Crippen LogP contribution in [0, 0.1) is 10.1 Å². The largest absolute Gasteiger partial charge is 0.473 e. The van der Waals surface area contributed by atoms with Crippen molar-refractivity contribution in [2.45, 2.75) is 6.42 Å². The third kappa shape index (κ3) is 3.81. The molecule has 0 bridgehead atoms. The number of hydrogen-bond acceptors (Lipinski definition) is 8. The monoisotopic (exact) mass is 243 g/mol. The minimum absolute atomic E-state index is 0.0531. The number of methoxy groups -OCH3 is 1. The van der Waals surface area contributed by atoms with Gasteiger partial charge < -0.3 is 9.47 Å². The molecule has 0 amide bonds. The maximum Gasteiger partial charge on any atom is 0.349 e. The highest BCUT2D eigenvalue weighted by molar-refractivity contribution is 5.42. The van der Waals surface area contributed by atoms with Crippen molar-refractivity contribution >= 4 is 11.6 Å². The van der Waals surface area contributed by atoms with E-state index in [1.807, 2.05) is 0 Å². The van der Waals surface area contributed by atoms with Crippen LogP contribution in [0.3, 0.4) is 0 Å². The summed E-state index contributed by atoms with van der Waals surface area (Å²) in [6.45, 7) is 0.760. The standard InChI is InChI=1S/C8H13N5O4/c1-16-3-2-4-17-7-6(13(14)15)5-10-8(11-7)12-9/h5H,2-4,9H2,1H3,(H,10,11,12). The molecule has 0 aliphatic carbocycles. The summed E-state index contributed by atoms with van der Waals surface area (Å²) in [7, 11) is 1.56. The number of rotatable bonds is 7. The third-order valence-electron chi connectivity index (χ3n) is 1.79. The zero-order chi connectivity index (χ0) is 12.7. The van der Waals surface area contributed by atoms with Gasteiger partial charge in [0.2, 0.25) is 5.95 Å². The van der Waals surface area contributed by atoms with Crippen LogP contribution < -0.4 is 16.0 Å². The van der Waals surface area contributed by atoms with Gasteiger partial charge in [0.15, 0.2) is 0 Å². The molecule has 0 saturated heterocycles. The number of aromatic nitrogens is 2. The van der Waals surface area contributed by atoms with Gasteiger partial charge in [0.05, 0.1) is 11.5 Å². The molecule has 0 atom stereocenters. The number of hydrazine groups is 1. The van der Waals surface area contributed by atoms with Crippen LogP contribution in [0.5, 0.6) is 5.88 Å². The van der Waals surface area contributed by atoms with Crippen LogP contribution in [0.1, 0.15) is 6.42 Å². The van der Waals surface area contributed by atoms with E-state index in [1.54, 1.807) is 7.11 Å². The quantitative estimate of drug-likeness (QED) is 0.298. The highest BCUT2D eigenvalue weighted by atomic mass is 16.6. The van der Waals surface area contributed by atoms with Crippen molar-refractivity contribution in [3.63, 3.8) is 0 Å². The Morgan fingerprint density at radius 3 is 2.94 bits per heavy atom. The second-order valence-corrected chi connectivity index (χ2v) is 2.98. The summed E-state index contributed by atoms with van der Waals surface area (Å²) >= 11 is 0. The first-order chi connectivity index (χ1) is 8.19. The maximum absolute atomic E-state index is 10.7. The fourth-order valence-electron chi connectivity index (χ4n) is 1.03. The normalized spacial score (nSPS) is 10.0. The van der Waals surface area contributed by atoms with Crippen molar-refractivity contribution in [3.05, 3.63) is 16.3 Å². The summed E-state index contributed by atoms with van der Waals surface area (Å²) in [5.41, 5.74) is 1.88. The summed E-state index contributed by atoms with van der Waals surface area (Å²) in [6, 6.07) is 0. The molecule has 0 aromatic carbocycles. The van der Waals surface area contributed by atoms with E-state index in [0.29, 0.717) is 13.0 Å². The SMILES string of the molecule is COCCCOc1nc(NN)ncc1[N+](=O)[O-]. The van der Waals surface area contributed by atoms with Gasteiger partial charge in [-0.15, -0.1) is 0 Å². The lowest BCUT2D eigenvalue weighted by Gasteiger charge is -2.06. The molecule has 0 radical (unpaired) electrons. The van der Waals surface area contributed by atoms with Crippen molar-refractivity contribution < 1.29 is 14.4 Å². The number of hydrogen-bond donors (Lipinski definition) is 2. The lowest BCUT2D eigenvalue weighted by Crippen LogP contribution is -2.12. The van der Waals surface area contributed by atoms with Crippen LogP contribution in [0.25, 0.3) is 0 Å². The zero-order valence-corrected chi connectivity index (χ0v) is 9.25. The number of nitrogens with two attached hydrogens (primary N) is 1. The van der Waals surface area contributed by atoms with Gasteiger partial charge in [-0.3, -0.25) is 15.5 Å². The number of nitrogens with one attached hydrogen (secondary N) is 1. The summed E-state index contributed by atoms with van der Waals surface area (Å²) in [4.78, 5) is 17.4. The van der Waals surface area contributed by atoms with E-state index >= 15 is 0 Å². The zero-order valence-electron chi connectivity index (χ0n) is 9.25. The van der Waals surface area contributed by atoms with Crippen LogP contribution in [-0.4, -0.2) is 35.2 Å². The molecule has 17 heavy (non-hydrogen) atoms. The molecular weight excluding hydrogens is 230 g/mol. The Hall–Kier alpha value is -2.00. The molecule has 9 nitrogen and oxygen atoms in total. The Balaban J connectivity index is 2.75. The molecule has 0 spiro atoms. The Bertz CT molecular complexity index is 386. The molecule has 3 N–H and O–H groups in total. The van der Waals surface area contributed by atoms with E-state index in [2.05, 4.69) is 15.4 Å². The van der Waals surface area contributed by atoms with Gasteiger partial charge in [0.1, 0.15) is 6.20 Å². The molecule has 1 aromatic rings. The Labute approximate surface area is 97.1 Å². The van der Waals surface area contributed by atoms with E-state index in [9.17, 15) is 10.1 Å². The minimum Gasteiger partial charge on any atom is -0.473 e. The Kier molecular flexibility index (Phi) is 5.04. The Morgan fingerprint density at radius 1 is 1.59 bits per heavy atom. The van der Waals surface area contributed by atoms with Gasteiger partial charge in [-0.1, -0.05) is 0 Å². The van der Waals surface area contributed by atoms with Crippen molar-refractivity contribution in [2.24, 2.45) is 5.84 Å². The van der Waals surface area contributed by atoms with Crippen LogP contribution in [0.15, 0.2) is 6.20 Å². The lowest BCUT2D eigenvalue weighted by atomic mass is 10.5. The molecule has 1 heterocycles. The number of nitrogens with zero attached hydrogens (tertiary/aromatic N) is 3. The first-order valence-electron chi connectivity index (χ1n) is 4.78. The van der Waals surface area contributed by atoms with Gasteiger partial charge >= 0.3 is 5.69 Å². The first kappa shape index (κ1) is 13.1. The van der Waals surface area contributed by atoms with Crippen LogP contribution >= 0.6 is 0 Å². The topological polar surface area (TPSA) is 125 Å². The molecule has 0 aliphatic heterocycles. The van der Waals surface area contributed by atoms with Crippen molar-refractivity contribution in [1.29, 1.82) is 0 Å². The van der Waals surface area contributed by atoms with E-state index < -0.39 is 4.92 Å². The molecule has 0 unspecified atom stereocenters. The van der Waals surface area contributed by atoms with Crippen LogP contribution in [0.4, 0.5) is 11.6 Å². The average molecular weight is 243 g/mol. The number of ether oxygens (including phenoxy) is 2. The summed E-state index contributed by atoms with van der Waals surface area (Å²) < 4.78 is 10.00. The fourth-order valence-corrected chi connectivity index (χ4v) is 1.03. The molecule has 9 heteroatoms. The predicted octanol–water partition coefficient (Wildman–Crippen LogP) is 0.0857. The highest BCUT2D eigenvalue weighted by Crippen LogP contribution is 2.24. The van der Waals surface area contributed by atoms with Crippen molar-refractivity contribution in [3.8, 4) is 5.88 Å². The molecule has 0 aliphatic rings.